The first-order valence-corrected chi connectivity index (χ1v) is 27.1. The molecule has 0 fully saturated rings. The summed E-state index contributed by atoms with van der Waals surface area (Å²) in [6.45, 7) is 3.44. The van der Waals surface area contributed by atoms with Gasteiger partial charge in [0.05, 0.1) is 24.6 Å². The Kier molecular flexibility index (Phi) is 15.8. The van der Waals surface area contributed by atoms with Gasteiger partial charge in [-0.2, -0.15) is 0 Å². The first-order valence-electron chi connectivity index (χ1n) is 25.5. The maximum absolute atomic E-state index is 11.5. The van der Waals surface area contributed by atoms with E-state index in [0.29, 0.717) is 18.8 Å². The molecule has 0 atom stereocenters. The van der Waals surface area contributed by atoms with Crippen molar-refractivity contribution in [2.45, 2.75) is 64.7 Å². The zero-order valence-electron chi connectivity index (χ0n) is 40.9. The maximum atomic E-state index is 11.5. The fourth-order valence-electron chi connectivity index (χ4n) is 9.60. The van der Waals surface area contributed by atoms with Crippen molar-refractivity contribution in [3.05, 3.63) is 217 Å². The Hall–Kier alpha value is -7.45. The summed E-state index contributed by atoms with van der Waals surface area (Å²) in [5, 5.41) is 7.00. The number of hydrogen-bond donors (Lipinski definition) is 0. The molecule has 0 saturated heterocycles. The summed E-state index contributed by atoms with van der Waals surface area (Å²) < 4.78 is 14.0. The number of benzene rings is 8. The first kappa shape index (κ1) is 48.2. The predicted octanol–water partition coefficient (Wildman–Crippen LogP) is 19.3. The molecule has 0 bridgehead atoms. The largest absolute Gasteiger partial charge is 0.493 e. The van der Waals surface area contributed by atoms with Gasteiger partial charge in [-0.1, -0.05) is 166 Å². The number of carbonyl (C=O) groups is 1. The molecule has 2 heterocycles. The fourth-order valence-corrected chi connectivity index (χ4v) is 11.7. The Balaban J connectivity index is 1.06. The molecule has 72 heavy (non-hydrogen) atoms. The molecule has 2 aromatic heterocycles. The van der Waals surface area contributed by atoms with Gasteiger partial charge in [-0.3, -0.25) is 4.79 Å². The van der Waals surface area contributed by atoms with Crippen LogP contribution in [0, 0.1) is 0 Å². The standard InChI is InChI=1S/C65H60N2O3S2/c1-2-3-4-5-6-18-42-69-60-45-57(63-39-41-65(72-63)67(53-32-11-8-12-33-53)59-37-22-29-51-27-14-16-35-55(51)59)61(70-43-19-17-23-48-24-20-25-49(44-48)47-68)46-56(60)62-38-40-64(71-62)66(52-30-9-7-10-31-52)58-36-21-28-50-26-13-15-34-54(50)58/h7-16,20-22,24-41,44-47H,2-6,17-19,23,42-43H2,1H3. The number of hydrogen-bond acceptors (Lipinski definition) is 7. The molecule has 0 aliphatic rings. The van der Waals surface area contributed by atoms with Crippen LogP contribution in [0.15, 0.2) is 206 Å². The van der Waals surface area contributed by atoms with Crippen LogP contribution in [0.1, 0.15) is 74.2 Å². The zero-order valence-corrected chi connectivity index (χ0v) is 42.6. The van der Waals surface area contributed by atoms with Crippen LogP contribution in [0.5, 0.6) is 11.5 Å². The molecule has 0 aliphatic heterocycles. The molecule has 0 saturated carbocycles. The van der Waals surface area contributed by atoms with Crippen LogP contribution in [-0.2, 0) is 6.42 Å². The predicted molar refractivity (Wildman–Crippen MR) is 307 cm³/mol. The van der Waals surface area contributed by atoms with Crippen LogP contribution in [0.2, 0.25) is 0 Å². The Morgan fingerprint density at radius 2 is 0.917 bits per heavy atom. The number of nitrogens with zero attached hydrogens (tertiary/aromatic N) is 2. The third kappa shape index (κ3) is 11.2. The van der Waals surface area contributed by atoms with Gasteiger partial charge < -0.3 is 19.3 Å². The molecule has 8 aromatic carbocycles. The maximum Gasteiger partial charge on any atom is 0.150 e. The van der Waals surface area contributed by atoms with E-state index in [-0.39, 0.29) is 0 Å². The van der Waals surface area contributed by atoms with Crippen molar-refractivity contribution in [1.29, 1.82) is 0 Å². The molecule has 0 radical (unpaired) electrons. The summed E-state index contributed by atoms with van der Waals surface area (Å²) in [5.41, 5.74) is 8.35. The van der Waals surface area contributed by atoms with Crippen LogP contribution in [0.25, 0.3) is 42.4 Å². The van der Waals surface area contributed by atoms with E-state index >= 15 is 0 Å². The van der Waals surface area contributed by atoms with Crippen LogP contribution in [-0.4, -0.2) is 19.5 Å². The number of rotatable bonds is 23. The number of para-hydroxylation sites is 2. The molecular formula is C65H60N2O3S2. The van der Waals surface area contributed by atoms with E-state index in [4.69, 9.17) is 9.47 Å². The number of fused-ring (bicyclic) bond motifs is 2. The molecule has 10 aromatic rings. The fraction of sp³-hybridized carbons (Fsp3) is 0.185. The number of aryl methyl sites for hydroxylation is 1. The van der Waals surface area contributed by atoms with E-state index in [9.17, 15) is 4.79 Å². The number of ether oxygens (including phenoxy) is 2. The minimum atomic E-state index is 0.542. The lowest BCUT2D eigenvalue weighted by molar-refractivity contribution is 0.112. The highest BCUT2D eigenvalue weighted by atomic mass is 32.1. The van der Waals surface area contributed by atoms with Crippen LogP contribution in [0.4, 0.5) is 32.8 Å². The van der Waals surface area contributed by atoms with Gasteiger partial charge in [0, 0.05) is 48.6 Å². The molecule has 0 amide bonds. The Bertz CT molecular complexity index is 3350. The monoisotopic (exact) mass is 980 g/mol. The second-order valence-corrected chi connectivity index (χ2v) is 20.4. The SMILES string of the molecule is CCCCCCCCOc1cc(-c2ccc(N(c3ccccc3)c3cccc4ccccc34)s2)c(OCCCCc2cccc(C=O)c2)cc1-c1ccc(N(c2ccccc2)c2cccc3ccccc23)s1. The lowest BCUT2D eigenvalue weighted by Gasteiger charge is -2.25. The number of anilines is 6. The van der Waals surface area contributed by atoms with Gasteiger partial charge >= 0.3 is 0 Å². The third-order valence-electron chi connectivity index (χ3n) is 13.2. The third-order valence-corrected chi connectivity index (χ3v) is 15.4. The van der Waals surface area contributed by atoms with Crippen LogP contribution in [0.3, 0.4) is 0 Å². The van der Waals surface area contributed by atoms with Gasteiger partial charge in [0.25, 0.3) is 0 Å². The molecule has 5 nitrogen and oxygen atoms in total. The Morgan fingerprint density at radius 1 is 0.444 bits per heavy atom. The highest BCUT2D eigenvalue weighted by Crippen LogP contribution is 2.51. The highest BCUT2D eigenvalue weighted by Gasteiger charge is 2.23. The van der Waals surface area contributed by atoms with Gasteiger partial charge in [-0.05, 0) is 121 Å². The van der Waals surface area contributed by atoms with Gasteiger partial charge in [0.1, 0.15) is 27.8 Å². The lowest BCUT2D eigenvalue weighted by Crippen LogP contribution is -2.08. The van der Waals surface area contributed by atoms with Crippen molar-refractivity contribution < 1.29 is 14.3 Å². The van der Waals surface area contributed by atoms with E-state index in [0.717, 1.165) is 109 Å². The van der Waals surface area contributed by atoms with E-state index < -0.39 is 0 Å². The van der Waals surface area contributed by atoms with Gasteiger partial charge in [0.15, 0.2) is 0 Å². The second kappa shape index (κ2) is 23.6. The molecule has 0 aliphatic carbocycles. The Morgan fingerprint density at radius 3 is 1.46 bits per heavy atom. The summed E-state index contributed by atoms with van der Waals surface area (Å²) in [5.74, 6) is 1.68. The van der Waals surface area contributed by atoms with E-state index in [1.54, 1.807) is 22.7 Å². The van der Waals surface area contributed by atoms with Crippen molar-refractivity contribution in [2.75, 3.05) is 23.0 Å². The summed E-state index contributed by atoms with van der Waals surface area (Å²) in [4.78, 5) is 18.5. The summed E-state index contributed by atoms with van der Waals surface area (Å²) >= 11 is 3.53. The summed E-state index contributed by atoms with van der Waals surface area (Å²) in [6.07, 6.45) is 10.7. The average Bonchev–Trinajstić information content (AvgIpc) is 4.13. The summed E-state index contributed by atoms with van der Waals surface area (Å²) in [7, 11) is 0. The van der Waals surface area contributed by atoms with Crippen LogP contribution >= 0.6 is 22.7 Å². The van der Waals surface area contributed by atoms with Crippen molar-refractivity contribution in [1.82, 2.24) is 0 Å². The van der Waals surface area contributed by atoms with Crippen molar-refractivity contribution >= 4 is 83.3 Å². The minimum Gasteiger partial charge on any atom is -0.493 e. The molecule has 0 N–H and O–H groups in total. The second-order valence-electron chi connectivity index (χ2n) is 18.2. The van der Waals surface area contributed by atoms with Gasteiger partial charge in [0.2, 0.25) is 0 Å². The van der Waals surface area contributed by atoms with Crippen molar-refractivity contribution in [3.8, 4) is 32.4 Å². The molecule has 10 rings (SSSR count). The number of thiophene rings is 2. The van der Waals surface area contributed by atoms with Gasteiger partial charge in [-0.15, -0.1) is 22.7 Å². The molecule has 0 spiro atoms. The van der Waals surface area contributed by atoms with E-state index in [1.165, 1.54) is 47.2 Å². The summed E-state index contributed by atoms with van der Waals surface area (Å²) in [6, 6.07) is 73.0. The quantitative estimate of drug-likeness (QED) is 0.0472. The minimum absolute atomic E-state index is 0.542. The van der Waals surface area contributed by atoms with E-state index in [1.807, 2.05) is 18.2 Å². The molecule has 0 unspecified atom stereocenters. The lowest BCUT2D eigenvalue weighted by atomic mass is 10.1. The van der Waals surface area contributed by atoms with Crippen LogP contribution < -0.4 is 19.3 Å². The zero-order chi connectivity index (χ0) is 48.9. The van der Waals surface area contributed by atoms with E-state index in [2.05, 4.69) is 205 Å². The Labute approximate surface area is 432 Å². The van der Waals surface area contributed by atoms with Gasteiger partial charge in [-0.25, -0.2) is 0 Å². The first-order chi connectivity index (χ1) is 35.6. The molecule has 360 valence electrons. The highest BCUT2D eigenvalue weighted by molar-refractivity contribution is 7.20. The number of aldehydes is 1. The number of unbranched alkanes of at least 4 members (excludes halogenated alkanes) is 6. The molecular weight excluding hydrogens is 921 g/mol. The topological polar surface area (TPSA) is 42.0 Å². The molecule has 7 heteroatoms. The van der Waals surface area contributed by atoms with Crippen molar-refractivity contribution in [2.24, 2.45) is 0 Å². The average molecular weight is 981 g/mol. The smallest absolute Gasteiger partial charge is 0.150 e. The normalized spacial score (nSPS) is 11.2. The van der Waals surface area contributed by atoms with Crippen molar-refractivity contribution in [3.63, 3.8) is 0 Å². The number of carbonyl (C=O) groups excluding carboxylic acids is 1.